The molecule has 0 saturated carbocycles. The lowest BCUT2D eigenvalue weighted by molar-refractivity contribution is 0.325. The van der Waals surface area contributed by atoms with Crippen molar-refractivity contribution < 1.29 is 0 Å². The molecule has 0 bridgehead atoms. The normalized spacial score (nSPS) is 9.82. The Morgan fingerprint density at radius 2 is 1.82 bits per heavy atom. The molecule has 0 unspecified atom stereocenters. The smallest absolute Gasteiger partial charge is 0.120 e. The van der Waals surface area contributed by atoms with Crippen molar-refractivity contribution in [1.29, 1.82) is 0 Å². The highest BCUT2D eigenvalue weighted by Crippen LogP contribution is 1.96. The molecule has 11 heavy (non-hydrogen) atoms. The maximum absolute atomic E-state index is 3.73. The van der Waals surface area contributed by atoms with Gasteiger partial charge < -0.3 is 9.80 Å². The van der Waals surface area contributed by atoms with Crippen molar-refractivity contribution in [2.75, 3.05) is 34.2 Å². The second kappa shape index (κ2) is 4.91. The second-order valence-corrected chi connectivity index (χ2v) is 2.80. The molecule has 3 nitrogen and oxygen atoms in total. The number of hydrogen-bond donors (Lipinski definition) is 0. The van der Waals surface area contributed by atoms with Crippen molar-refractivity contribution in [2.24, 2.45) is 4.99 Å². The van der Waals surface area contributed by atoms with E-state index >= 15 is 0 Å². The molecule has 0 amide bonds. The van der Waals surface area contributed by atoms with Crippen LogP contribution in [0.5, 0.6) is 0 Å². The van der Waals surface area contributed by atoms with E-state index in [2.05, 4.69) is 23.2 Å². The average molecular weight is 155 g/mol. The summed E-state index contributed by atoms with van der Waals surface area (Å²) >= 11 is 0. The summed E-state index contributed by atoms with van der Waals surface area (Å²) < 4.78 is 0. The quantitative estimate of drug-likeness (QED) is 0.543. The first-order valence-corrected chi connectivity index (χ1v) is 3.59. The van der Waals surface area contributed by atoms with Gasteiger partial charge in [0.05, 0.1) is 0 Å². The second-order valence-electron chi connectivity index (χ2n) is 2.80. The SMILES string of the molecule is C=NC(=C)N(C)CCN(C)C. The lowest BCUT2D eigenvalue weighted by atomic mass is 10.5. The summed E-state index contributed by atoms with van der Waals surface area (Å²) in [5, 5.41) is 0. The summed E-state index contributed by atoms with van der Waals surface area (Å²) in [6, 6.07) is 0. The first-order valence-electron chi connectivity index (χ1n) is 3.59. The van der Waals surface area contributed by atoms with Crippen molar-refractivity contribution in [3.05, 3.63) is 12.4 Å². The standard InChI is InChI=1S/C8H17N3/c1-8(9-2)11(5)7-6-10(3)4/h1-2,6-7H2,3-5H3. The summed E-state index contributed by atoms with van der Waals surface area (Å²) in [4.78, 5) is 7.83. The fourth-order valence-corrected chi connectivity index (χ4v) is 0.600. The van der Waals surface area contributed by atoms with Crippen molar-refractivity contribution in [1.82, 2.24) is 9.80 Å². The van der Waals surface area contributed by atoms with Crippen LogP contribution in [0.3, 0.4) is 0 Å². The molecule has 0 atom stereocenters. The van der Waals surface area contributed by atoms with Gasteiger partial charge in [-0.05, 0) is 20.8 Å². The van der Waals surface area contributed by atoms with E-state index in [1.807, 2.05) is 26.0 Å². The van der Waals surface area contributed by atoms with Gasteiger partial charge in [-0.15, -0.1) is 0 Å². The van der Waals surface area contributed by atoms with E-state index in [1.165, 1.54) is 0 Å². The van der Waals surface area contributed by atoms with Crippen LogP contribution in [0.2, 0.25) is 0 Å². The molecule has 0 spiro atoms. The molecule has 0 aromatic carbocycles. The van der Waals surface area contributed by atoms with Crippen LogP contribution in [-0.4, -0.2) is 50.7 Å². The maximum atomic E-state index is 3.73. The van der Waals surface area contributed by atoms with E-state index in [9.17, 15) is 0 Å². The molecule has 3 heteroatoms. The summed E-state index contributed by atoms with van der Waals surface area (Å²) in [5.74, 6) is 0.729. The third kappa shape index (κ3) is 4.56. The van der Waals surface area contributed by atoms with Crippen LogP contribution in [-0.2, 0) is 0 Å². The van der Waals surface area contributed by atoms with Gasteiger partial charge in [0.15, 0.2) is 0 Å². The van der Waals surface area contributed by atoms with Crippen LogP contribution in [0.25, 0.3) is 0 Å². The summed E-state index contributed by atoms with van der Waals surface area (Å²) in [7, 11) is 6.04. The molecule has 0 radical (unpaired) electrons. The molecule has 0 aromatic rings. The Morgan fingerprint density at radius 3 is 2.18 bits per heavy atom. The molecule has 0 fully saturated rings. The average Bonchev–Trinajstić information content (AvgIpc) is 1.98. The molecule has 64 valence electrons. The zero-order chi connectivity index (χ0) is 8.85. The summed E-state index contributed by atoms with van der Waals surface area (Å²) in [6.07, 6.45) is 0. The predicted octanol–water partition coefficient (Wildman–Crippen LogP) is 0.652. The lowest BCUT2D eigenvalue weighted by Gasteiger charge is -2.20. The molecule has 0 saturated heterocycles. The Bertz CT molecular complexity index is 140. The molecule has 0 aliphatic rings. The molecular formula is C8H17N3. The monoisotopic (exact) mass is 155 g/mol. The van der Waals surface area contributed by atoms with Crippen molar-refractivity contribution in [2.45, 2.75) is 0 Å². The minimum absolute atomic E-state index is 0.729. The first kappa shape index (κ1) is 10.2. The van der Waals surface area contributed by atoms with Crippen LogP contribution in [0.1, 0.15) is 0 Å². The van der Waals surface area contributed by atoms with Crippen molar-refractivity contribution in [3.8, 4) is 0 Å². The van der Waals surface area contributed by atoms with Gasteiger partial charge in [-0.25, -0.2) is 4.99 Å². The Labute approximate surface area is 69.0 Å². The largest absolute Gasteiger partial charge is 0.359 e. The maximum Gasteiger partial charge on any atom is 0.120 e. The van der Waals surface area contributed by atoms with Crippen molar-refractivity contribution in [3.63, 3.8) is 0 Å². The Morgan fingerprint density at radius 1 is 1.27 bits per heavy atom. The zero-order valence-corrected chi connectivity index (χ0v) is 7.67. The Hall–Kier alpha value is -0.830. The van der Waals surface area contributed by atoms with Gasteiger partial charge in [-0.2, -0.15) is 0 Å². The van der Waals surface area contributed by atoms with E-state index in [-0.39, 0.29) is 0 Å². The Kier molecular flexibility index (Phi) is 4.54. The van der Waals surface area contributed by atoms with Gasteiger partial charge in [-0.3, -0.25) is 0 Å². The highest BCUT2D eigenvalue weighted by molar-refractivity contribution is 5.27. The molecule has 0 heterocycles. The fourth-order valence-electron chi connectivity index (χ4n) is 0.600. The van der Waals surface area contributed by atoms with Crippen LogP contribution >= 0.6 is 0 Å². The summed E-state index contributed by atoms with van der Waals surface area (Å²) in [5.41, 5.74) is 0. The van der Waals surface area contributed by atoms with Gasteiger partial charge >= 0.3 is 0 Å². The highest BCUT2D eigenvalue weighted by Gasteiger charge is 1.98. The Balaban J connectivity index is 3.60. The fraction of sp³-hybridized carbons (Fsp3) is 0.625. The molecular weight excluding hydrogens is 138 g/mol. The molecule has 0 rings (SSSR count). The van der Waals surface area contributed by atoms with Crippen LogP contribution in [0.4, 0.5) is 0 Å². The minimum Gasteiger partial charge on any atom is -0.359 e. The third-order valence-electron chi connectivity index (χ3n) is 1.51. The number of likely N-dealkylation sites (N-methyl/N-ethyl adjacent to an activating group) is 2. The van der Waals surface area contributed by atoms with Crippen LogP contribution in [0.15, 0.2) is 17.4 Å². The number of nitrogens with zero attached hydrogens (tertiary/aromatic N) is 3. The molecule has 0 aliphatic heterocycles. The van der Waals surface area contributed by atoms with E-state index in [4.69, 9.17) is 0 Å². The third-order valence-corrected chi connectivity index (χ3v) is 1.51. The van der Waals surface area contributed by atoms with Crippen LogP contribution in [0, 0.1) is 0 Å². The minimum atomic E-state index is 0.729. The van der Waals surface area contributed by atoms with E-state index in [0.717, 1.165) is 18.9 Å². The zero-order valence-electron chi connectivity index (χ0n) is 7.67. The van der Waals surface area contributed by atoms with Crippen molar-refractivity contribution >= 4 is 6.72 Å². The number of rotatable bonds is 5. The van der Waals surface area contributed by atoms with Gasteiger partial charge in [0.25, 0.3) is 0 Å². The van der Waals surface area contributed by atoms with Gasteiger partial charge in [0, 0.05) is 20.1 Å². The molecule has 0 aromatic heterocycles. The van der Waals surface area contributed by atoms with E-state index in [0.29, 0.717) is 0 Å². The number of hydrogen-bond acceptors (Lipinski definition) is 3. The number of aliphatic imine (C=N–C) groups is 1. The summed E-state index contributed by atoms with van der Waals surface area (Å²) in [6.45, 7) is 9.07. The van der Waals surface area contributed by atoms with E-state index < -0.39 is 0 Å². The first-order chi connectivity index (χ1) is 5.07. The van der Waals surface area contributed by atoms with Gasteiger partial charge in [0.2, 0.25) is 0 Å². The predicted molar refractivity (Wildman–Crippen MR) is 49.9 cm³/mol. The van der Waals surface area contributed by atoms with Gasteiger partial charge in [0.1, 0.15) is 5.82 Å². The lowest BCUT2D eigenvalue weighted by Crippen LogP contribution is -2.27. The topological polar surface area (TPSA) is 18.8 Å². The molecule has 0 N–H and O–H groups in total. The molecule has 0 aliphatic carbocycles. The highest BCUT2D eigenvalue weighted by atomic mass is 15.2. The van der Waals surface area contributed by atoms with Crippen LogP contribution < -0.4 is 0 Å². The van der Waals surface area contributed by atoms with E-state index in [1.54, 1.807) is 0 Å². The van der Waals surface area contributed by atoms with Gasteiger partial charge in [-0.1, -0.05) is 6.58 Å².